The van der Waals surface area contributed by atoms with Crippen molar-refractivity contribution in [2.24, 2.45) is 5.92 Å². The van der Waals surface area contributed by atoms with Crippen LogP contribution in [0.5, 0.6) is 0 Å². The lowest BCUT2D eigenvalue weighted by molar-refractivity contribution is -0.118. The molecule has 0 spiro atoms. The molecule has 3 nitrogen and oxygen atoms in total. The molecule has 0 aromatic heterocycles. The third kappa shape index (κ3) is 4.71. The van der Waals surface area contributed by atoms with E-state index < -0.39 is 12.0 Å². The smallest absolute Gasteiger partial charge is 0.180 e. The van der Waals surface area contributed by atoms with Gasteiger partial charge in [-0.05, 0) is 29.8 Å². The van der Waals surface area contributed by atoms with Crippen molar-refractivity contribution in [1.82, 2.24) is 4.90 Å². The van der Waals surface area contributed by atoms with Gasteiger partial charge < -0.3 is 0 Å². The first-order valence-electron chi connectivity index (χ1n) is 12.3. The molecule has 0 amide bonds. The summed E-state index contributed by atoms with van der Waals surface area (Å²) < 4.78 is 0. The number of hydrogen-bond donors (Lipinski definition) is 0. The van der Waals surface area contributed by atoms with Crippen molar-refractivity contribution in [2.45, 2.75) is 18.0 Å². The van der Waals surface area contributed by atoms with Crippen molar-refractivity contribution in [1.29, 1.82) is 0 Å². The molecule has 1 fully saturated rings. The highest BCUT2D eigenvalue weighted by molar-refractivity contribution is 6.06. The monoisotopic (exact) mass is 471 g/mol. The van der Waals surface area contributed by atoms with Crippen LogP contribution in [0, 0.1) is 5.92 Å². The number of rotatable bonds is 7. The molecule has 1 saturated heterocycles. The van der Waals surface area contributed by atoms with Crippen LogP contribution in [-0.2, 0) is 4.79 Å². The molecular weight excluding hydrogens is 442 g/mol. The number of carbonyl (C=O) groups excluding carboxylic acids is 2. The Morgan fingerprint density at radius 1 is 0.667 bits per heavy atom. The van der Waals surface area contributed by atoms with Crippen LogP contribution in [-0.4, -0.2) is 29.6 Å². The SMILES string of the molecule is CN1[C@@H](C(=O)c2ccccc2)[C@H](C(=O)/C=C/c2ccccc2)[C@@H](c2ccccc2)[C@@H]1c1ccccc1. The van der Waals surface area contributed by atoms with Gasteiger partial charge in [0.05, 0.1) is 12.0 Å². The maximum atomic E-state index is 14.0. The maximum Gasteiger partial charge on any atom is 0.180 e. The standard InChI is InChI=1S/C33H29NO2/c1-34-31(26-18-10-4-11-19-26)29(25-16-8-3-9-17-25)30(28(35)23-22-24-14-6-2-7-15-24)32(34)33(36)27-20-12-5-13-21-27/h2-23,29-32H,1H3/b23-22+/t29-,30-,31+,32-/m1/s1. The molecule has 0 N–H and O–H groups in total. The first kappa shape index (κ1) is 23.7. The average Bonchev–Trinajstić information content (AvgIpc) is 3.26. The number of hydrogen-bond acceptors (Lipinski definition) is 3. The molecule has 4 atom stereocenters. The van der Waals surface area contributed by atoms with Gasteiger partial charge >= 0.3 is 0 Å². The number of ketones is 2. The number of carbonyl (C=O) groups is 2. The van der Waals surface area contributed by atoms with Gasteiger partial charge in [-0.15, -0.1) is 0 Å². The van der Waals surface area contributed by atoms with Crippen LogP contribution in [0.3, 0.4) is 0 Å². The normalized spacial score (nSPS) is 22.0. The minimum atomic E-state index is -0.587. The van der Waals surface area contributed by atoms with Crippen LogP contribution >= 0.6 is 0 Å². The second-order valence-electron chi connectivity index (χ2n) is 9.30. The molecule has 5 rings (SSSR count). The Kier molecular flexibility index (Phi) is 7.01. The number of likely N-dealkylation sites (N-methyl/N-ethyl adjacent to an activating group) is 1. The minimum Gasteiger partial charge on any atom is -0.294 e. The van der Waals surface area contributed by atoms with Gasteiger partial charge in [0.2, 0.25) is 0 Å². The summed E-state index contributed by atoms with van der Waals surface area (Å²) in [5.74, 6) is -0.768. The summed E-state index contributed by atoms with van der Waals surface area (Å²) in [7, 11) is 1.98. The summed E-state index contributed by atoms with van der Waals surface area (Å²) in [6.45, 7) is 0. The molecule has 4 aromatic rings. The summed E-state index contributed by atoms with van der Waals surface area (Å²) in [4.78, 5) is 30.1. The number of Topliss-reactive ketones (excluding diaryl/α,β-unsaturated/α-hetero) is 1. The van der Waals surface area contributed by atoms with Gasteiger partial charge in [-0.1, -0.05) is 127 Å². The summed E-state index contributed by atoms with van der Waals surface area (Å²) >= 11 is 0. The molecule has 3 heteroatoms. The van der Waals surface area contributed by atoms with Crippen LogP contribution in [0.4, 0.5) is 0 Å². The van der Waals surface area contributed by atoms with Gasteiger partial charge in [0.25, 0.3) is 0 Å². The first-order valence-corrected chi connectivity index (χ1v) is 12.3. The van der Waals surface area contributed by atoms with Crippen LogP contribution in [0.25, 0.3) is 6.08 Å². The second-order valence-corrected chi connectivity index (χ2v) is 9.30. The predicted octanol–water partition coefficient (Wildman–Crippen LogP) is 6.61. The van der Waals surface area contributed by atoms with E-state index >= 15 is 0 Å². The molecule has 0 bridgehead atoms. The average molecular weight is 472 g/mol. The van der Waals surface area contributed by atoms with E-state index in [4.69, 9.17) is 0 Å². The zero-order valence-electron chi connectivity index (χ0n) is 20.3. The number of allylic oxidation sites excluding steroid dienone is 1. The summed E-state index contributed by atoms with van der Waals surface area (Å²) in [5.41, 5.74) is 3.74. The number of likely N-dealkylation sites (tertiary alicyclic amines) is 1. The Labute approximate surface area is 212 Å². The fourth-order valence-corrected chi connectivity index (χ4v) is 5.54. The van der Waals surface area contributed by atoms with Crippen LogP contribution in [0.2, 0.25) is 0 Å². The van der Waals surface area contributed by atoms with Gasteiger partial charge in [0.1, 0.15) is 0 Å². The van der Waals surface area contributed by atoms with Crippen molar-refractivity contribution >= 4 is 17.6 Å². The van der Waals surface area contributed by atoms with E-state index in [1.165, 1.54) is 0 Å². The number of benzene rings is 4. The Bertz CT molecular complexity index is 1330. The van der Waals surface area contributed by atoms with E-state index in [2.05, 4.69) is 29.2 Å². The van der Waals surface area contributed by atoms with Gasteiger partial charge in [-0.2, -0.15) is 0 Å². The van der Waals surface area contributed by atoms with Gasteiger partial charge in [0.15, 0.2) is 11.6 Å². The van der Waals surface area contributed by atoms with E-state index in [1.807, 2.05) is 110 Å². The molecule has 0 radical (unpaired) electrons. The van der Waals surface area contributed by atoms with E-state index in [1.54, 1.807) is 6.08 Å². The lowest BCUT2D eigenvalue weighted by atomic mass is 9.76. The largest absolute Gasteiger partial charge is 0.294 e. The molecule has 1 aliphatic rings. The van der Waals surface area contributed by atoms with Crippen LogP contribution in [0.1, 0.15) is 39.0 Å². The van der Waals surface area contributed by atoms with Crippen molar-refractivity contribution in [2.75, 3.05) is 7.05 Å². The molecule has 178 valence electrons. The van der Waals surface area contributed by atoms with E-state index in [0.717, 1.165) is 16.7 Å². The second kappa shape index (κ2) is 10.7. The Balaban J connectivity index is 1.64. The summed E-state index contributed by atoms with van der Waals surface area (Å²) in [6.07, 6.45) is 3.51. The van der Waals surface area contributed by atoms with E-state index in [9.17, 15) is 9.59 Å². The van der Waals surface area contributed by atoms with Gasteiger partial charge in [0, 0.05) is 17.5 Å². The first-order chi connectivity index (χ1) is 17.6. The fraction of sp³-hybridized carbons (Fsp3) is 0.152. The molecule has 36 heavy (non-hydrogen) atoms. The zero-order valence-corrected chi connectivity index (χ0v) is 20.3. The zero-order chi connectivity index (χ0) is 24.9. The summed E-state index contributed by atoms with van der Waals surface area (Å²) in [5, 5.41) is 0. The fourth-order valence-electron chi connectivity index (χ4n) is 5.54. The van der Waals surface area contributed by atoms with Crippen molar-refractivity contribution < 1.29 is 9.59 Å². The Hall–Kier alpha value is -4.08. The third-order valence-electron chi connectivity index (χ3n) is 7.17. The topological polar surface area (TPSA) is 37.4 Å². The maximum absolute atomic E-state index is 14.0. The molecule has 0 saturated carbocycles. The third-order valence-corrected chi connectivity index (χ3v) is 7.17. The van der Waals surface area contributed by atoms with Crippen molar-refractivity contribution in [3.63, 3.8) is 0 Å². The minimum absolute atomic E-state index is 0.0241. The highest BCUT2D eigenvalue weighted by Gasteiger charge is 2.53. The van der Waals surface area contributed by atoms with Crippen molar-refractivity contribution in [3.05, 3.63) is 150 Å². The number of nitrogens with zero attached hydrogens (tertiary/aromatic N) is 1. The van der Waals surface area contributed by atoms with E-state index in [-0.39, 0.29) is 23.5 Å². The molecule has 1 heterocycles. The molecule has 4 aromatic carbocycles. The Morgan fingerprint density at radius 2 is 1.17 bits per heavy atom. The van der Waals surface area contributed by atoms with Crippen LogP contribution in [0.15, 0.2) is 127 Å². The van der Waals surface area contributed by atoms with Gasteiger partial charge in [-0.3, -0.25) is 14.5 Å². The molecule has 1 aliphatic heterocycles. The predicted molar refractivity (Wildman–Crippen MR) is 145 cm³/mol. The lowest BCUT2D eigenvalue weighted by Gasteiger charge is -2.27. The molecule has 0 unspecified atom stereocenters. The van der Waals surface area contributed by atoms with Crippen molar-refractivity contribution in [3.8, 4) is 0 Å². The summed E-state index contributed by atoms with van der Waals surface area (Å²) in [6, 6.07) is 38.8. The van der Waals surface area contributed by atoms with Crippen LogP contribution < -0.4 is 0 Å². The quantitative estimate of drug-likeness (QED) is 0.225. The lowest BCUT2D eigenvalue weighted by Crippen LogP contribution is -2.40. The highest BCUT2D eigenvalue weighted by Crippen LogP contribution is 2.51. The Morgan fingerprint density at radius 3 is 1.75 bits per heavy atom. The highest BCUT2D eigenvalue weighted by atomic mass is 16.1. The van der Waals surface area contributed by atoms with Gasteiger partial charge in [-0.25, -0.2) is 0 Å². The van der Waals surface area contributed by atoms with E-state index in [0.29, 0.717) is 5.56 Å². The molecular formula is C33H29NO2. The molecule has 0 aliphatic carbocycles.